The Morgan fingerprint density at radius 2 is 1.59 bits per heavy atom. The van der Waals surface area contributed by atoms with Crippen molar-refractivity contribution in [2.24, 2.45) is 0 Å². The van der Waals surface area contributed by atoms with Crippen molar-refractivity contribution in [2.45, 2.75) is 13.0 Å². The van der Waals surface area contributed by atoms with Crippen LogP contribution in [0.15, 0.2) is 71.9 Å². The largest absolute Gasteiger partial charge is 0.497 e. The van der Waals surface area contributed by atoms with E-state index in [1.165, 1.54) is 6.33 Å². The van der Waals surface area contributed by atoms with Crippen LogP contribution in [0, 0.1) is 0 Å². The summed E-state index contributed by atoms with van der Waals surface area (Å²) in [6.45, 7) is 0.540. The van der Waals surface area contributed by atoms with Crippen LogP contribution >= 0.6 is 0 Å². The smallest absolute Gasteiger partial charge is 0.262 e. The van der Waals surface area contributed by atoms with Gasteiger partial charge in [0.05, 0.1) is 30.8 Å². The van der Waals surface area contributed by atoms with Gasteiger partial charge < -0.3 is 14.0 Å². The Hall–Kier alpha value is -4.20. The summed E-state index contributed by atoms with van der Waals surface area (Å²) in [6, 6.07) is 17.2. The van der Waals surface area contributed by atoms with E-state index in [1.807, 2.05) is 54.6 Å². The van der Waals surface area contributed by atoms with Gasteiger partial charge in [-0.2, -0.15) is 14.6 Å². The number of aromatic nitrogens is 5. The van der Waals surface area contributed by atoms with Crippen molar-refractivity contribution in [3.05, 3.63) is 83.0 Å². The summed E-state index contributed by atoms with van der Waals surface area (Å²) in [4.78, 5) is 22.3. The molecule has 0 spiro atoms. The first kappa shape index (κ1) is 19.7. The summed E-state index contributed by atoms with van der Waals surface area (Å²) in [5.41, 5.74) is 3.08. The maximum Gasteiger partial charge on any atom is 0.262 e. The van der Waals surface area contributed by atoms with Gasteiger partial charge in [0.15, 0.2) is 0 Å². The van der Waals surface area contributed by atoms with Crippen molar-refractivity contribution in [1.29, 1.82) is 0 Å². The van der Waals surface area contributed by atoms with Crippen molar-refractivity contribution in [1.82, 2.24) is 24.1 Å². The van der Waals surface area contributed by atoms with Crippen LogP contribution in [-0.4, -0.2) is 38.4 Å². The normalized spacial score (nSPS) is 11.2. The van der Waals surface area contributed by atoms with Crippen molar-refractivity contribution in [3.8, 4) is 22.8 Å². The zero-order chi connectivity index (χ0) is 22.1. The van der Waals surface area contributed by atoms with Crippen molar-refractivity contribution in [3.63, 3.8) is 0 Å². The molecule has 32 heavy (non-hydrogen) atoms. The lowest BCUT2D eigenvalue weighted by atomic mass is 10.1. The zero-order valence-corrected chi connectivity index (χ0v) is 17.7. The fraction of sp³-hybridized carbons (Fsp3) is 0.167. The van der Waals surface area contributed by atoms with Crippen LogP contribution in [0.1, 0.15) is 5.56 Å². The minimum absolute atomic E-state index is 0.119. The number of pyridine rings is 1. The summed E-state index contributed by atoms with van der Waals surface area (Å²) in [7, 11) is 3.26. The highest BCUT2D eigenvalue weighted by Crippen LogP contribution is 2.27. The Bertz CT molecular complexity index is 1450. The lowest BCUT2D eigenvalue weighted by Crippen LogP contribution is -2.22. The van der Waals surface area contributed by atoms with Gasteiger partial charge in [-0.25, -0.2) is 4.98 Å². The molecule has 0 N–H and O–H groups in total. The molecule has 3 aromatic heterocycles. The van der Waals surface area contributed by atoms with Gasteiger partial charge in [-0.3, -0.25) is 4.79 Å². The predicted octanol–water partition coefficient (Wildman–Crippen LogP) is 3.37. The molecule has 3 heterocycles. The molecule has 0 atom stereocenters. The summed E-state index contributed by atoms with van der Waals surface area (Å²) in [6.07, 6.45) is 3.94. The third-order valence-electron chi connectivity index (χ3n) is 5.51. The van der Waals surface area contributed by atoms with Crippen molar-refractivity contribution < 1.29 is 9.47 Å². The molecule has 0 fully saturated rings. The molecular weight excluding hydrogens is 406 g/mol. The van der Waals surface area contributed by atoms with Gasteiger partial charge in [0, 0.05) is 18.3 Å². The van der Waals surface area contributed by atoms with Crippen molar-refractivity contribution >= 4 is 16.7 Å². The fourth-order valence-electron chi connectivity index (χ4n) is 3.80. The Balaban J connectivity index is 1.61. The molecule has 0 radical (unpaired) electrons. The second kappa shape index (κ2) is 8.14. The molecule has 8 nitrogen and oxygen atoms in total. The van der Waals surface area contributed by atoms with E-state index >= 15 is 0 Å². The van der Waals surface area contributed by atoms with E-state index in [2.05, 4.69) is 15.1 Å². The lowest BCUT2D eigenvalue weighted by molar-refractivity contribution is 0.414. The molecule has 0 aliphatic carbocycles. The number of fused-ring (bicyclic) bond motifs is 2. The third-order valence-corrected chi connectivity index (χ3v) is 5.51. The Labute approximate surface area is 183 Å². The molecule has 0 amide bonds. The lowest BCUT2D eigenvalue weighted by Gasteiger charge is -2.12. The van der Waals surface area contributed by atoms with Crippen LogP contribution in [0.25, 0.3) is 27.9 Å². The standard InChI is InChI=1S/C24H21N5O3/c1-31-18-7-3-16(4-8-18)11-13-28-14-12-20-21(23(28)30)22(29-24(27-20)25-15-26-29)17-5-9-19(32-2)10-6-17/h3-10,12,14-15H,11,13H2,1-2H3. The zero-order valence-electron chi connectivity index (χ0n) is 17.7. The number of hydrogen-bond acceptors (Lipinski definition) is 6. The average molecular weight is 427 g/mol. The molecule has 8 heteroatoms. The van der Waals surface area contributed by atoms with Gasteiger partial charge >= 0.3 is 0 Å². The van der Waals surface area contributed by atoms with Gasteiger partial charge in [-0.05, 0) is 54.4 Å². The summed E-state index contributed by atoms with van der Waals surface area (Å²) in [5.74, 6) is 1.99. The number of rotatable bonds is 6. The predicted molar refractivity (Wildman–Crippen MR) is 121 cm³/mol. The van der Waals surface area contributed by atoms with E-state index in [0.29, 0.717) is 35.3 Å². The van der Waals surface area contributed by atoms with Gasteiger partial charge in [0.2, 0.25) is 0 Å². The average Bonchev–Trinajstić information content (AvgIpc) is 3.31. The van der Waals surface area contributed by atoms with Gasteiger partial charge in [-0.15, -0.1) is 0 Å². The molecule has 0 saturated carbocycles. The minimum atomic E-state index is -0.119. The highest BCUT2D eigenvalue weighted by Gasteiger charge is 2.17. The highest BCUT2D eigenvalue weighted by molar-refractivity contribution is 5.93. The van der Waals surface area contributed by atoms with Crippen LogP contribution in [0.5, 0.6) is 11.5 Å². The number of nitrogens with zero attached hydrogens (tertiary/aromatic N) is 5. The van der Waals surface area contributed by atoms with E-state index in [9.17, 15) is 4.79 Å². The second-order valence-corrected chi connectivity index (χ2v) is 7.33. The van der Waals surface area contributed by atoms with Crippen molar-refractivity contribution in [2.75, 3.05) is 14.2 Å². The number of aryl methyl sites for hydroxylation is 2. The fourth-order valence-corrected chi connectivity index (χ4v) is 3.80. The van der Waals surface area contributed by atoms with Gasteiger partial charge in [0.1, 0.15) is 17.8 Å². The number of methoxy groups -OCH3 is 2. The first-order chi connectivity index (χ1) is 15.7. The molecule has 5 aromatic rings. The molecule has 0 saturated heterocycles. The van der Waals surface area contributed by atoms with Gasteiger partial charge in [0.25, 0.3) is 11.3 Å². The molecule has 0 unspecified atom stereocenters. The van der Waals surface area contributed by atoms with Gasteiger partial charge in [-0.1, -0.05) is 12.1 Å². The molecule has 0 bridgehead atoms. The quantitative estimate of drug-likeness (QED) is 0.413. The minimum Gasteiger partial charge on any atom is -0.497 e. The maximum absolute atomic E-state index is 13.5. The Morgan fingerprint density at radius 1 is 0.906 bits per heavy atom. The van der Waals surface area contributed by atoms with E-state index < -0.39 is 0 Å². The third kappa shape index (κ3) is 3.45. The van der Waals surface area contributed by atoms with Crippen LogP contribution in [0.4, 0.5) is 0 Å². The van der Waals surface area contributed by atoms with Crippen LogP contribution in [0.2, 0.25) is 0 Å². The van der Waals surface area contributed by atoms with E-state index in [1.54, 1.807) is 29.5 Å². The SMILES string of the molecule is COc1ccc(CCn2ccc3nc4ncnn4c(-c4ccc(OC)cc4)c3c2=O)cc1. The number of benzene rings is 2. The molecule has 0 aliphatic rings. The molecule has 2 aromatic carbocycles. The first-order valence-electron chi connectivity index (χ1n) is 10.2. The topological polar surface area (TPSA) is 83.5 Å². The van der Waals surface area contributed by atoms with Crippen LogP contribution < -0.4 is 15.0 Å². The summed E-state index contributed by atoms with van der Waals surface area (Å²) >= 11 is 0. The van der Waals surface area contributed by atoms with Crippen LogP contribution in [0.3, 0.4) is 0 Å². The Morgan fingerprint density at radius 3 is 2.28 bits per heavy atom. The second-order valence-electron chi connectivity index (χ2n) is 7.33. The van der Waals surface area contributed by atoms with E-state index in [-0.39, 0.29) is 5.56 Å². The number of ether oxygens (including phenoxy) is 2. The van der Waals surface area contributed by atoms with E-state index in [4.69, 9.17) is 9.47 Å². The summed E-state index contributed by atoms with van der Waals surface area (Å²) < 4.78 is 13.8. The molecule has 160 valence electrons. The highest BCUT2D eigenvalue weighted by atomic mass is 16.5. The Kier molecular flexibility index (Phi) is 5.03. The maximum atomic E-state index is 13.5. The molecular formula is C24H21N5O3. The van der Waals surface area contributed by atoms with Crippen LogP contribution in [-0.2, 0) is 13.0 Å². The monoisotopic (exact) mass is 427 g/mol. The number of hydrogen-bond donors (Lipinski definition) is 0. The molecule has 5 rings (SSSR count). The van der Waals surface area contributed by atoms with E-state index in [0.717, 1.165) is 22.6 Å². The molecule has 0 aliphatic heterocycles. The first-order valence-corrected chi connectivity index (χ1v) is 10.2. The summed E-state index contributed by atoms with van der Waals surface area (Å²) in [5, 5.41) is 4.83.